The van der Waals surface area contributed by atoms with Gasteiger partial charge in [0, 0.05) is 18.9 Å². The van der Waals surface area contributed by atoms with Crippen LogP contribution in [0, 0.1) is 0 Å². The normalized spacial score (nSPS) is 15.8. The highest BCUT2D eigenvalue weighted by molar-refractivity contribution is 6.03. The van der Waals surface area contributed by atoms with Crippen molar-refractivity contribution in [3.05, 3.63) is 47.5 Å². The topological polar surface area (TPSA) is 69.6 Å². The van der Waals surface area contributed by atoms with Crippen LogP contribution >= 0.6 is 0 Å². The molecular weight excluding hydrogens is 360 g/mol. The van der Waals surface area contributed by atoms with Gasteiger partial charge < -0.3 is 18.9 Å². The molecule has 0 aliphatic carbocycles. The van der Waals surface area contributed by atoms with Gasteiger partial charge in [0.1, 0.15) is 5.75 Å². The van der Waals surface area contributed by atoms with Crippen LogP contribution in [-0.4, -0.2) is 45.1 Å². The second-order valence-corrected chi connectivity index (χ2v) is 6.32. The summed E-state index contributed by atoms with van der Waals surface area (Å²) in [5.74, 6) is 2.18. The molecule has 1 amide bonds. The summed E-state index contributed by atoms with van der Waals surface area (Å²) < 4.78 is 21.6. The van der Waals surface area contributed by atoms with E-state index in [0.717, 1.165) is 22.6 Å². The van der Waals surface area contributed by atoms with Crippen molar-refractivity contribution in [3.8, 4) is 23.0 Å². The minimum atomic E-state index is -0.271. The van der Waals surface area contributed by atoms with Gasteiger partial charge in [0.25, 0.3) is 0 Å². The molecule has 1 aliphatic rings. The van der Waals surface area contributed by atoms with E-state index in [-0.39, 0.29) is 11.9 Å². The second-order valence-electron chi connectivity index (χ2n) is 6.32. The molecule has 1 atom stereocenters. The Balaban J connectivity index is 2.01. The lowest BCUT2D eigenvalue weighted by molar-refractivity contribution is -0.130. The zero-order valence-corrected chi connectivity index (χ0v) is 16.7. The lowest BCUT2D eigenvalue weighted by Crippen LogP contribution is -2.24. The number of carbonyl (C=O) groups excluding carboxylic acids is 1. The maximum Gasteiger partial charge on any atom is 0.240 e. The molecule has 2 aromatic rings. The van der Waals surface area contributed by atoms with E-state index in [9.17, 15) is 4.79 Å². The molecule has 1 aliphatic heterocycles. The summed E-state index contributed by atoms with van der Waals surface area (Å²) in [4.78, 5) is 12.3. The van der Waals surface area contributed by atoms with E-state index in [2.05, 4.69) is 5.10 Å². The molecule has 0 unspecified atom stereocenters. The van der Waals surface area contributed by atoms with Gasteiger partial charge in [0.05, 0.1) is 40.2 Å². The predicted octanol–water partition coefficient (Wildman–Crippen LogP) is 3.42. The molecule has 7 heteroatoms. The first-order chi connectivity index (χ1) is 13.5. The largest absolute Gasteiger partial charge is 0.497 e. The summed E-state index contributed by atoms with van der Waals surface area (Å²) in [5.41, 5.74) is 2.58. The van der Waals surface area contributed by atoms with Gasteiger partial charge in [-0.05, 0) is 29.8 Å². The summed E-state index contributed by atoms with van der Waals surface area (Å²) in [6.45, 7) is 1.50. The Hall–Kier alpha value is -3.22. The van der Waals surface area contributed by atoms with E-state index in [1.165, 1.54) is 11.9 Å². The van der Waals surface area contributed by atoms with Crippen molar-refractivity contribution in [1.82, 2.24) is 5.01 Å². The van der Waals surface area contributed by atoms with Crippen molar-refractivity contribution in [2.24, 2.45) is 5.10 Å². The number of hydrazone groups is 1. The van der Waals surface area contributed by atoms with Crippen LogP contribution < -0.4 is 18.9 Å². The molecule has 28 heavy (non-hydrogen) atoms. The van der Waals surface area contributed by atoms with Crippen LogP contribution in [0.3, 0.4) is 0 Å². The van der Waals surface area contributed by atoms with E-state index in [0.29, 0.717) is 23.7 Å². The Morgan fingerprint density at radius 1 is 1.00 bits per heavy atom. The molecule has 0 bridgehead atoms. The van der Waals surface area contributed by atoms with Crippen LogP contribution in [0.5, 0.6) is 23.0 Å². The van der Waals surface area contributed by atoms with Crippen molar-refractivity contribution in [2.75, 3.05) is 28.4 Å². The Kier molecular flexibility index (Phi) is 5.73. The Morgan fingerprint density at radius 3 is 2.21 bits per heavy atom. The van der Waals surface area contributed by atoms with Crippen LogP contribution in [-0.2, 0) is 4.79 Å². The monoisotopic (exact) mass is 384 g/mol. The first-order valence-electron chi connectivity index (χ1n) is 8.84. The van der Waals surface area contributed by atoms with Crippen molar-refractivity contribution in [1.29, 1.82) is 0 Å². The molecular formula is C21H24N2O5. The summed E-state index contributed by atoms with van der Waals surface area (Å²) in [5, 5.41) is 6.07. The van der Waals surface area contributed by atoms with Crippen molar-refractivity contribution in [3.63, 3.8) is 0 Å². The third-order valence-corrected chi connectivity index (χ3v) is 4.71. The van der Waals surface area contributed by atoms with Crippen LogP contribution in [0.1, 0.15) is 30.5 Å². The summed E-state index contributed by atoms with van der Waals surface area (Å²) in [6, 6.07) is 11.1. The maximum atomic E-state index is 12.3. The van der Waals surface area contributed by atoms with Gasteiger partial charge in [-0.3, -0.25) is 4.79 Å². The third kappa shape index (κ3) is 3.60. The molecule has 0 aromatic heterocycles. The number of amides is 1. The quantitative estimate of drug-likeness (QED) is 0.763. The third-order valence-electron chi connectivity index (χ3n) is 4.71. The van der Waals surface area contributed by atoms with E-state index >= 15 is 0 Å². The van der Waals surface area contributed by atoms with Gasteiger partial charge >= 0.3 is 0 Å². The molecule has 0 saturated heterocycles. The highest BCUT2D eigenvalue weighted by Gasteiger charge is 2.33. The minimum absolute atomic E-state index is 0.142. The number of hydrogen-bond donors (Lipinski definition) is 0. The number of methoxy groups -OCH3 is 4. The lowest BCUT2D eigenvalue weighted by Gasteiger charge is -2.22. The number of nitrogens with zero attached hydrogens (tertiary/aromatic N) is 2. The number of rotatable bonds is 6. The van der Waals surface area contributed by atoms with Crippen molar-refractivity contribution < 1.29 is 23.7 Å². The summed E-state index contributed by atoms with van der Waals surface area (Å²) >= 11 is 0. The molecule has 7 nitrogen and oxygen atoms in total. The predicted molar refractivity (Wildman–Crippen MR) is 106 cm³/mol. The smallest absolute Gasteiger partial charge is 0.240 e. The zero-order valence-electron chi connectivity index (χ0n) is 16.7. The Labute approximate surface area is 164 Å². The molecule has 0 saturated carbocycles. The van der Waals surface area contributed by atoms with Gasteiger partial charge in [-0.15, -0.1) is 0 Å². The average molecular weight is 384 g/mol. The minimum Gasteiger partial charge on any atom is -0.497 e. The lowest BCUT2D eigenvalue weighted by atomic mass is 9.97. The van der Waals surface area contributed by atoms with Crippen LogP contribution in [0.25, 0.3) is 0 Å². The average Bonchev–Trinajstić information content (AvgIpc) is 3.18. The fourth-order valence-electron chi connectivity index (χ4n) is 3.33. The van der Waals surface area contributed by atoms with Crippen molar-refractivity contribution in [2.45, 2.75) is 19.4 Å². The molecule has 0 radical (unpaired) electrons. The molecule has 3 rings (SSSR count). The van der Waals surface area contributed by atoms with E-state index < -0.39 is 0 Å². The van der Waals surface area contributed by atoms with Gasteiger partial charge in [0.15, 0.2) is 11.5 Å². The van der Waals surface area contributed by atoms with Gasteiger partial charge in [-0.1, -0.05) is 12.1 Å². The van der Waals surface area contributed by atoms with Gasteiger partial charge in [-0.25, -0.2) is 5.01 Å². The number of benzene rings is 2. The van der Waals surface area contributed by atoms with Gasteiger partial charge in [-0.2, -0.15) is 5.10 Å². The molecule has 2 aromatic carbocycles. The summed E-state index contributed by atoms with van der Waals surface area (Å²) in [7, 11) is 6.31. The number of carbonyl (C=O) groups is 1. The first-order valence-corrected chi connectivity index (χ1v) is 8.84. The first kappa shape index (κ1) is 19.5. The van der Waals surface area contributed by atoms with E-state index in [1.807, 2.05) is 36.4 Å². The van der Waals surface area contributed by atoms with Crippen LogP contribution in [0.4, 0.5) is 0 Å². The van der Waals surface area contributed by atoms with Crippen LogP contribution in [0.2, 0.25) is 0 Å². The van der Waals surface area contributed by atoms with E-state index in [4.69, 9.17) is 18.9 Å². The standard InChI is InChI=1S/C21H24N2O5/c1-13(24)23-18(12-17(22-23)14-7-6-8-16(9-14)25-2)15-10-19(26-3)21(28-5)20(11-15)27-4/h6-11,18H,12H2,1-5H3/t18-/m1/s1. The fraction of sp³-hybridized carbons (Fsp3) is 0.333. The Bertz CT molecular complexity index is 884. The number of hydrogen-bond acceptors (Lipinski definition) is 6. The van der Waals surface area contributed by atoms with Crippen LogP contribution in [0.15, 0.2) is 41.5 Å². The molecule has 0 fully saturated rings. The summed E-state index contributed by atoms with van der Waals surface area (Å²) in [6.07, 6.45) is 0.561. The van der Waals surface area contributed by atoms with Crippen molar-refractivity contribution >= 4 is 11.6 Å². The second kappa shape index (κ2) is 8.21. The fourth-order valence-corrected chi connectivity index (χ4v) is 3.33. The van der Waals surface area contributed by atoms with Gasteiger partial charge in [0.2, 0.25) is 11.7 Å². The zero-order chi connectivity index (χ0) is 20.3. The maximum absolute atomic E-state index is 12.3. The van der Waals surface area contributed by atoms with E-state index in [1.54, 1.807) is 28.4 Å². The molecule has 1 heterocycles. The number of ether oxygens (including phenoxy) is 4. The molecule has 0 N–H and O–H groups in total. The highest BCUT2D eigenvalue weighted by atomic mass is 16.5. The molecule has 148 valence electrons. The Morgan fingerprint density at radius 2 is 1.68 bits per heavy atom. The molecule has 0 spiro atoms. The highest BCUT2D eigenvalue weighted by Crippen LogP contribution is 2.43. The SMILES string of the molecule is COc1cccc(C2=NN(C(C)=O)[C@@H](c3cc(OC)c(OC)c(OC)c3)C2)c1.